The van der Waals surface area contributed by atoms with E-state index in [4.69, 9.17) is 23.7 Å². The number of benzene rings is 2. The Bertz CT molecular complexity index is 1160. The van der Waals surface area contributed by atoms with Crippen molar-refractivity contribution in [3.63, 3.8) is 0 Å². The van der Waals surface area contributed by atoms with E-state index in [9.17, 15) is 0 Å². The topological polar surface area (TPSA) is 93.0 Å². The van der Waals surface area contributed by atoms with Gasteiger partial charge in [-0.05, 0) is 47.7 Å². The van der Waals surface area contributed by atoms with Gasteiger partial charge in [-0.25, -0.2) is 0 Å². The summed E-state index contributed by atoms with van der Waals surface area (Å²) in [5, 5.41) is 12.7. The molecule has 1 aromatic heterocycles. The Labute approximate surface area is 178 Å². The monoisotopic (exact) mass is 423 g/mol. The molecule has 2 aromatic carbocycles. The first-order valence-electron chi connectivity index (χ1n) is 10.1. The van der Waals surface area contributed by atoms with Gasteiger partial charge in [-0.3, -0.25) is 4.90 Å². The molecule has 1 atom stereocenters. The maximum absolute atomic E-state index is 5.81. The molecular weight excluding hydrogens is 402 g/mol. The molecule has 0 saturated heterocycles. The van der Waals surface area contributed by atoms with E-state index < -0.39 is 0 Å². The van der Waals surface area contributed by atoms with Gasteiger partial charge in [0.05, 0.1) is 12.8 Å². The van der Waals surface area contributed by atoms with Crippen molar-refractivity contribution in [2.75, 3.05) is 40.7 Å². The molecular formula is C21H21N5O5. The molecule has 3 aliphatic heterocycles. The number of aromatic nitrogens is 4. The fraction of sp³-hybridized carbons (Fsp3) is 0.381. The summed E-state index contributed by atoms with van der Waals surface area (Å²) in [7, 11) is 3.70. The first kappa shape index (κ1) is 18.3. The second-order valence-corrected chi connectivity index (χ2v) is 7.63. The van der Waals surface area contributed by atoms with Crippen molar-refractivity contribution >= 4 is 0 Å². The molecule has 4 heterocycles. The molecule has 0 amide bonds. The lowest BCUT2D eigenvalue weighted by Gasteiger charge is -2.34. The zero-order chi connectivity index (χ0) is 20.9. The highest BCUT2D eigenvalue weighted by atomic mass is 16.7. The number of ether oxygens (including phenoxy) is 5. The van der Waals surface area contributed by atoms with Crippen LogP contribution in [0.15, 0.2) is 24.3 Å². The zero-order valence-corrected chi connectivity index (χ0v) is 17.2. The molecule has 0 spiro atoms. The molecule has 0 fully saturated rings. The van der Waals surface area contributed by atoms with Crippen LogP contribution in [-0.2, 0) is 6.42 Å². The molecule has 31 heavy (non-hydrogen) atoms. The molecule has 3 aliphatic rings. The Kier molecular flexibility index (Phi) is 4.13. The lowest BCUT2D eigenvalue weighted by molar-refractivity contribution is 0.170. The number of hydrogen-bond donors (Lipinski definition) is 0. The van der Waals surface area contributed by atoms with Crippen molar-refractivity contribution < 1.29 is 23.7 Å². The summed E-state index contributed by atoms with van der Waals surface area (Å²) in [5.74, 6) is 4.09. The average Bonchev–Trinajstić information content (AvgIpc) is 3.47. The van der Waals surface area contributed by atoms with Crippen molar-refractivity contribution in [3.8, 4) is 34.4 Å². The van der Waals surface area contributed by atoms with Crippen molar-refractivity contribution in [1.29, 1.82) is 0 Å². The number of tetrazole rings is 1. The predicted octanol–water partition coefficient (Wildman–Crippen LogP) is 1.75. The van der Waals surface area contributed by atoms with E-state index in [0.717, 1.165) is 35.5 Å². The molecule has 0 bridgehead atoms. The van der Waals surface area contributed by atoms with Gasteiger partial charge >= 0.3 is 0 Å². The third-order valence-corrected chi connectivity index (χ3v) is 5.90. The fourth-order valence-electron chi connectivity index (χ4n) is 4.47. The molecule has 0 saturated carbocycles. The second-order valence-electron chi connectivity index (χ2n) is 7.63. The van der Waals surface area contributed by atoms with Gasteiger partial charge in [-0.2, -0.15) is 4.68 Å². The lowest BCUT2D eigenvalue weighted by Crippen LogP contribution is -2.35. The maximum atomic E-state index is 5.81. The minimum absolute atomic E-state index is 0.185. The number of likely N-dealkylation sites (N-methyl/N-ethyl adjacent to an activating group) is 1. The van der Waals surface area contributed by atoms with Crippen LogP contribution in [0.25, 0.3) is 5.69 Å². The van der Waals surface area contributed by atoms with E-state index in [0.29, 0.717) is 42.0 Å². The molecule has 0 radical (unpaired) electrons. The second kappa shape index (κ2) is 7.02. The Balaban J connectivity index is 1.50. The van der Waals surface area contributed by atoms with Gasteiger partial charge in [0.25, 0.3) is 0 Å². The molecule has 0 N–H and O–H groups in total. The molecule has 0 aliphatic carbocycles. The van der Waals surface area contributed by atoms with Crippen LogP contribution in [-0.4, -0.2) is 65.8 Å². The molecule has 0 unspecified atom stereocenters. The van der Waals surface area contributed by atoms with E-state index in [1.807, 2.05) is 24.3 Å². The average molecular weight is 423 g/mol. The van der Waals surface area contributed by atoms with Gasteiger partial charge in [0, 0.05) is 18.2 Å². The quantitative estimate of drug-likeness (QED) is 0.625. The van der Waals surface area contributed by atoms with Crippen molar-refractivity contribution in [3.05, 3.63) is 41.2 Å². The Hall–Kier alpha value is -3.53. The van der Waals surface area contributed by atoms with Crippen molar-refractivity contribution in [2.24, 2.45) is 0 Å². The predicted molar refractivity (Wildman–Crippen MR) is 107 cm³/mol. The van der Waals surface area contributed by atoms with Crippen LogP contribution in [0.1, 0.15) is 23.0 Å². The Morgan fingerprint density at radius 2 is 1.90 bits per heavy atom. The normalized spacial score (nSPS) is 19.2. The van der Waals surface area contributed by atoms with E-state index >= 15 is 0 Å². The largest absolute Gasteiger partial charge is 0.492 e. The van der Waals surface area contributed by atoms with Gasteiger partial charge in [0.15, 0.2) is 28.8 Å². The van der Waals surface area contributed by atoms with Gasteiger partial charge < -0.3 is 23.7 Å². The highest BCUT2D eigenvalue weighted by Gasteiger charge is 2.37. The number of fused-ring (bicyclic) bond motifs is 3. The summed E-state index contributed by atoms with van der Waals surface area (Å²) in [5.41, 5.74) is 2.93. The minimum atomic E-state index is -0.226. The SMILES string of the molecule is COc1c2c(cc3c1[C@H](c1nnnn1-c1ccc4c(c1)OCCO4)N(C)CC3)OCO2. The van der Waals surface area contributed by atoms with Crippen LogP contribution in [0.5, 0.6) is 28.7 Å². The van der Waals surface area contributed by atoms with E-state index in [-0.39, 0.29) is 12.8 Å². The summed E-state index contributed by atoms with van der Waals surface area (Å²) in [6.45, 7) is 2.09. The van der Waals surface area contributed by atoms with Gasteiger partial charge in [-0.1, -0.05) is 0 Å². The van der Waals surface area contributed by atoms with Crippen LogP contribution in [0.2, 0.25) is 0 Å². The maximum Gasteiger partial charge on any atom is 0.231 e. The van der Waals surface area contributed by atoms with Gasteiger partial charge in [0.1, 0.15) is 19.3 Å². The summed E-state index contributed by atoms with van der Waals surface area (Å²) in [6, 6.07) is 7.52. The molecule has 6 rings (SSSR count). The highest BCUT2D eigenvalue weighted by molar-refractivity contribution is 5.63. The highest BCUT2D eigenvalue weighted by Crippen LogP contribution is 2.50. The summed E-state index contributed by atoms with van der Waals surface area (Å²) >= 11 is 0. The Morgan fingerprint density at radius 3 is 2.77 bits per heavy atom. The third kappa shape index (κ3) is 2.78. The molecule has 10 heteroatoms. The molecule has 10 nitrogen and oxygen atoms in total. The lowest BCUT2D eigenvalue weighted by atomic mass is 9.90. The summed E-state index contributed by atoms with van der Waals surface area (Å²) in [4.78, 5) is 2.22. The van der Waals surface area contributed by atoms with Gasteiger partial charge in [-0.15, -0.1) is 5.10 Å². The van der Waals surface area contributed by atoms with Crippen LogP contribution >= 0.6 is 0 Å². The van der Waals surface area contributed by atoms with Crippen LogP contribution in [0.4, 0.5) is 0 Å². The number of nitrogens with zero attached hydrogens (tertiary/aromatic N) is 5. The smallest absolute Gasteiger partial charge is 0.231 e. The molecule has 160 valence electrons. The molecule has 3 aromatic rings. The fourth-order valence-corrected chi connectivity index (χ4v) is 4.47. The number of methoxy groups -OCH3 is 1. The van der Waals surface area contributed by atoms with E-state index in [2.05, 4.69) is 27.5 Å². The summed E-state index contributed by atoms with van der Waals surface area (Å²) < 4.78 is 30.3. The van der Waals surface area contributed by atoms with Crippen LogP contribution in [0.3, 0.4) is 0 Å². The zero-order valence-electron chi connectivity index (χ0n) is 17.2. The van der Waals surface area contributed by atoms with E-state index in [1.54, 1.807) is 11.8 Å². The third-order valence-electron chi connectivity index (χ3n) is 5.90. The van der Waals surface area contributed by atoms with Crippen LogP contribution < -0.4 is 23.7 Å². The van der Waals surface area contributed by atoms with Crippen molar-refractivity contribution in [2.45, 2.75) is 12.5 Å². The van der Waals surface area contributed by atoms with E-state index in [1.165, 1.54) is 0 Å². The van der Waals surface area contributed by atoms with Gasteiger partial charge in [0.2, 0.25) is 12.5 Å². The van der Waals surface area contributed by atoms with Crippen LogP contribution in [0, 0.1) is 0 Å². The number of hydrogen-bond acceptors (Lipinski definition) is 9. The first-order valence-corrected chi connectivity index (χ1v) is 10.1. The standard InChI is InChI=1S/C21H21N5O5/c1-25-6-5-12-9-16-19(31-11-30-16)20(27-2)17(12)18(25)21-22-23-24-26(21)13-3-4-14-15(10-13)29-8-7-28-14/h3-4,9-10,18H,5-8,11H2,1-2H3/t18-/m1/s1. The number of rotatable bonds is 3. The Morgan fingerprint density at radius 1 is 1.03 bits per heavy atom. The van der Waals surface area contributed by atoms with Crippen molar-refractivity contribution in [1.82, 2.24) is 25.1 Å². The minimum Gasteiger partial charge on any atom is -0.492 e. The summed E-state index contributed by atoms with van der Waals surface area (Å²) in [6.07, 6.45) is 0.862. The first-order chi connectivity index (χ1) is 15.2.